The zero-order valence-electron chi connectivity index (χ0n) is 16.5. The number of phenolic OH excluding ortho intramolecular Hbond substituents is 1. The van der Waals surface area contributed by atoms with Gasteiger partial charge in [0.2, 0.25) is 0 Å². The molecule has 0 aliphatic carbocycles. The highest BCUT2D eigenvalue weighted by molar-refractivity contribution is 5.85. The molecule has 4 nitrogen and oxygen atoms in total. The summed E-state index contributed by atoms with van der Waals surface area (Å²) in [7, 11) is 0. The van der Waals surface area contributed by atoms with Gasteiger partial charge in [-0.2, -0.15) is 0 Å². The van der Waals surface area contributed by atoms with E-state index in [1.165, 1.54) is 30.8 Å². The van der Waals surface area contributed by atoms with Gasteiger partial charge in [0.1, 0.15) is 0 Å². The number of nitrogens with zero attached hydrogens (tertiary/aromatic N) is 2. The molecule has 4 rings (SSSR count). The number of halogens is 1. The van der Waals surface area contributed by atoms with Gasteiger partial charge in [-0.05, 0) is 60.4 Å². The van der Waals surface area contributed by atoms with Gasteiger partial charge >= 0.3 is 0 Å². The molecule has 1 N–H and O–H groups in total. The van der Waals surface area contributed by atoms with Crippen molar-refractivity contribution >= 4 is 24.1 Å². The van der Waals surface area contributed by atoms with E-state index >= 15 is 0 Å². The summed E-state index contributed by atoms with van der Waals surface area (Å²) in [6.45, 7) is 2.22. The molecule has 0 spiro atoms. The summed E-state index contributed by atoms with van der Waals surface area (Å²) >= 11 is 0. The van der Waals surface area contributed by atoms with Crippen LogP contribution in [0, 0.1) is 5.82 Å². The summed E-state index contributed by atoms with van der Waals surface area (Å²) in [4.78, 5) is 7.62. The molecule has 5 heteroatoms. The van der Waals surface area contributed by atoms with E-state index in [1.54, 1.807) is 18.2 Å². The van der Waals surface area contributed by atoms with Crippen molar-refractivity contribution in [1.82, 2.24) is 0 Å². The first-order valence-electron chi connectivity index (χ1n) is 10.00. The molecular formula is C25H23FN2O2. The number of anilines is 1. The topological polar surface area (TPSA) is 45.1 Å². The molecule has 0 bridgehead atoms. The normalized spacial score (nSPS) is 14.1. The minimum Gasteiger partial charge on any atom is -0.504 e. The maximum Gasteiger partial charge on any atom is 0.166 e. The Kier molecular flexibility index (Phi) is 6.09. The lowest BCUT2D eigenvalue weighted by Crippen LogP contribution is -2.17. The Balaban J connectivity index is 1.47. The fourth-order valence-corrected chi connectivity index (χ4v) is 3.43. The lowest BCUT2D eigenvalue weighted by atomic mass is 10.1. The van der Waals surface area contributed by atoms with Crippen LogP contribution in [0.2, 0.25) is 0 Å². The molecule has 0 radical (unpaired) electrons. The smallest absolute Gasteiger partial charge is 0.166 e. The largest absolute Gasteiger partial charge is 0.504 e. The van der Waals surface area contributed by atoms with Gasteiger partial charge in [-0.3, -0.25) is 0 Å². The second kappa shape index (κ2) is 9.27. The molecule has 0 amide bonds. The lowest BCUT2D eigenvalue weighted by molar-refractivity contribution is 0.343. The standard InChI is InChI=1S/C25H23FN2O2/c26-24-17-20(9-8-19-10-12-22(13-11-19)28-14-4-5-15-28)16-21(25(24)29)18-27-30-23-6-2-1-3-7-23/h1-3,6-13,16-18,29H,4-5,14-15H2/b9-8+,27-18+. The lowest BCUT2D eigenvalue weighted by Gasteiger charge is -2.17. The van der Waals surface area contributed by atoms with E-state index in [2.05, 4.69) is 34.3 Å². The van der Waals surface area contributed by atoms with Crippen LogP contribution in [0.4, 0.5) is 10.1 Å². The predicted octanol–water partition coefficient (Wildman–Crippen LogP) is 5.71. The molecule has 1 heterocycles. The molecule has 0 saturated carbocycles. The summed E-state index contributed by atoms with van der Waals surface area (Å²) in [6, 6.07) is 20.3. The van der Waals surface area contributed by atoms with E-state index in [4.69, 9.17) is 4.84 Å². The second-order valence-corrected chi connectivity index (χ2v) is 7.20. The maximum atomic E-state index is 14.1. The number of hydrogen-bond donors (Lipinski definition) is 1. The average Bonchev–Trinajstić information content (AvgIpc) is 3.31. The van der Waals surface area contributed by atoms with Crippen LogP contribution < -0.4 is 9.74 Å². The number of phenols is 1. The molecule has 152 valence electrons. The first-order valence-corrected chi connectivity index (χ1v) is 10.00. The van der Waals surface area contributed by atoms with Crippen LogP contribution in [0.1, 0.15) is 29.5 Å². The van der Waals surface area contributed by atoms with Crippen molar-refractivity contribution in [1.29, 1.82) is 0 Å². The number of hydrogen-bond acceptors (Lipinski definition) is 4. The first-order chi connectivity index (χ1) is 14.7. The van der Waals surface area contributed by atoms with E-state index < -0.39 is 11.6 Å². The molecular weight excluding hydrogens is 379 g/mol. The van der Waals surface area contributed by atoms with Gasteiger partial charge in [0.25, 0.3) is 0 Å². The van der Waals surface area contributed by atoms with Gasteiger partial charge in [-0.25, -0.2) is 4.39 Å². The van der Waals surface area contributed by atoms with E-state index in [1.807, 2.05) is 30.4 Å². The van der Waals surface area contributed by atoms with Gasteiger partial charge in [0, 0.05) is 24.3 Å². The molecule has 0 aromatic heterocycles. The van der Waals surface area contributed by atoms with Gasteiger partial charge < -0.3 is 14.8 Å². The molecule has 1 aliphatic rings. The monoisotopic (exact) mass is 402 g/mol. The predicted molar refractivity (Wildman–Crippen MR) is 120 cm³/mol. The minimum atomic E-state index is -0.706. The molecule has 3 aromatic rings. The Morgan fingerprint density at radius 3 is 2.33 bits per heavy atom. The van der Waals surface area contributed by atoms with Crippen molar-refractivity contribution in [2.24, 2.45) is 5.16 Å². The third kappa shape index (κ3) is 4.87. The highest BCUT2D eigenvalue weighted by Gasteiger charge is 2.11. The Labute approximate surface area is 175 Å². The number of rotatable bonds is 6. The van der Waals surface area contributed by atoms with Crippen LogP contribution in [0.3, 0.4) is 0 Å². The van der Waals surface area contributed by atoms with Gasteiger partial charge in [-0.1, -0.05) is 47.6 Å². The summed E-state index contributed by atoms with van der Waals surface area (Å²) < 4.78 is 14.1. The molecule has 30 heavy (non-hydrogen) atoms. The molecule has 1 fully saturated rings. The van der Waals surface area contributed by atoms with Gasteiger partial charge in [-0.15, -0.1) is 0 Å². The Bertz CT molecular complexity index is 1040. The quantitative estimate of drug-likeness (QED) is 0.326. The molecule has 1 aliphatic heterocycles. The summed E-state index contributed by atoms with van der Waals surface area (Å²) in [5, 5.41) is 13.8. The van der Waals surface area contributed by atoms with Crippen LogP contribution in [0.5, 0.6) is 11.5 Å². The van der Waals surface area contributed by atoms with Crippen LogP contribution in [-0.4, -0.2) is 24.4 Å². The zero-order chi connectivity index (χ0) is 20.8. The van der Waals surface area contributed by atoms with Crippen LogP contribution in [0.25, 0.3) is 12.2 Å². The van der Waals surface area contributed by atoms with Crippen molar-refractivity contribution < 1.29 is 14.3 Å². The van der Waals surface area contributed by atoms with Crippen molar-refractivity contribution in [3.8, 4) is 11.5 Å². The molecule has 0 unspecified atom stereocenters. The summed E-state index contributed by atoms with van der Waals surface area (Å²) in [6.07, 6.45) is 7.52. The Morgan fingerprint density at radius 2 is 1.60 bits per heavy atom. The highest BCUT2D eigenvalue weighted by Crippen LogP contribution is 2.24. The summed E-state index contributed by atoms with van der Waals surface area (Å²) in [5.74, 6) is -0.604. The van der Waals surface area contributed by atoms with Crippen LogP contribution in [-0.2, 0) is 0 Å². The van der Waals surface area contributed by atoms with E-state index in [-0.39, 0.29) is 5.56 Å². The molecule has 0 atom stereocenters. The SMILES string of the molecule is Oc1c(F)cc(/C=C/c2ccc(N3CCCC3)cc2)cc1/C=N/Oc1ccccc1. The highest BCUT2D eigenvalue weighted by atomic mass is 19.1. The number of benzene rings is 3. The van der Waals surface area contributed by atoms with Crippen molar-refractivity contribution in [2.45, 2.75) is 12.8 Å². The fourth-order valence-electron chi connectivity index (χ4n) is 3.43. The van der Waals surface area contributed by atoms with Crippen molar-refractivity contribution in [3.63, 3.8) is 0 Å². The van der Waals surface area contributed by atoms with E-state index in [0.717, 1.165) is 18.7 Å². The Morgan fingerprint density at radius 1 is 0.900 bits per heavy atom. The van der Waals surface area contributed by atoms with Gasteiger partial charge in [0.05, 0.1) is 6.21 Å². The van der Waals surface area contributed by atoms with Crippen molar-refractivity contribution in [3.05, 3.63) is 89.2 Å². The van der Waals surface area contributed by atoms with Crippen LogP contribution in [0.15, 0.2) is 71.9 Å². The fraction of sp³-hybridized carbons (Fsp3) is 0.160. The van der Waals surface area contributed by atoms with Gasteiger partial charge in [0.15, 0.2) is 17.3 Å². The number of oxime groups is 1. The Hall–Kier alpha value is -3.60. The molecule has 3 aromatic carbocycles. The number of aromatic hydroxyl groups is 1. The first kappa shape index (κ1) is 19.7. The second-order valence-electron chi connectivity index (χ2n) is 7.20. The van der Waals surface area contributed by atoms with Crippen LogP contribution >= 0.6 is 0 Å². The number of para-hydroxylation sites is 1. The maximum absolute atomic E-state index is 14.1. The minimum absolute atomic E-state index is 0.245. The van der Waals surface area contributed by atoms with E-state index in [0.29, 0.717) is 11.3 Å². The molecule has 1 saturated heterocycles. The zero-order valence-corrected chi connectivity index (χ0v) is 16.5. The van der Waals surface area contributed by atoms with Crippen molar-refractivity contribution in [2.75, 3.05) is 18.0 Å². The van der Waals surface area contributed by atoms with E-state index in [9.17, 15) is 9.50 Å². The summed E-state index contributed by atoms with van der Waals surface area (Å²) in [5.41, 5.74) is 3.12. The average molecular weight is 402 g/mol. The third-order valence-electron chi connectivity index (χ3n) is 5.04. The third-order valence-corrected chi connectivity index (χ3v) is 5.04.